The van der Waals surface area contributed by atoms with Gasteiger partial charge in [-0.2, -0.15) is 0 Å². The van der Waals surface area contributed by atoms with Crippen molar-refractivity contribution in [2.24, 2.45) is 5.92 Å². The summed E-state index contributed by atoms with van der Waals surface area (Å²) in [6.07, 6.45) is 7.66. The van der Waals surface area contributed by atoms with Crippen LogP contribution < -0.4 is 5.32 Å². The van der Waals surface area contributed by atoms with Crippen LogP contribution in [0.15, 0.2) is 6.33 Å². The third kappa shape index (κ3) is 2.42. The van der Waals surface area contributed by atoms with E-state index >= 15 is 0 Å². The Kier molecular flexibility index (Phi) is 3.55. The fraction of sp³-hybridized carbons (Fsp3) is 0.625. The molecule has 0 saturated carbocycles. The van der Waals surface area contributed by atoms with Crippen LogP contribution >= 0.6 is 11.3 Å². The fourth-order valence-electron chi connectivity index (χ4n) is 3.59. The van der Waals surface area contributed by atoms with Crippen LogP contribution in [-0.2, 0) is 17.6 Å². The Morgan fingerprint density at radius 2 is 2.14 bits per heavy atom. The van der Waals surface area contributed by atoms with Crippen molar-refractivity contribution in [2.75, 3.05) is 18.5 Å². The number of hydrogen-bond acceptors (Lipinski definition) is 5. The van der Waals surface area contributed by atoms with Crippen LogP contribution in [0.25, 0.3) is 10.2 Å². The van der Waals surface area contributed by atoms with Crippen molar-refractivity contribution in [2.45, 2.75) is 45.1 Å². The van der Waals surface area contributed by atoms with E-state index in [0.717, 1.165) is 36.7 Å². The maximum Gasteiger partial charge on any atom is 0.138 e. The van der Waals surface area contributed by atoms with Crippen LogP contribution in [-0.4, -0.2) is 29.2 Å². The summed E-state index contributed by atoms with van der Waals surface area (Å²) in [6.45, 7) is 4.06. The predicted molar refractivity (Wildman–Crippen MR) is 86.1 cm³/mol. The van der Waals surface area contributed by atoms with Crippen LogP contribution in [0.2, 0.25) is 0 Å². The second kappa shape index (κ2) is 5.54. The van der Waals surface area contributed by atoms with Gasteiger partial charge in [0.05, 0.1) is 5.39 Å². The number of rotatable bonds is 3. The van der Waals surface area contributed by atoms with E-state index in [1.54, 1.807) is 6.33 Å². The molecule has 0 amide bonds. The van der Waals surface area contributed by atoms with E-state index in [0.29, 0.717) is 12.0 Å². The van der Waals surface area contributed by atoms with Gasteiger partial charge in [-0.15, -0.1) is 11.3 Å². The molecule has 21 heavy (non-hydrogen) atoms. The lowest BCUT2D eigenvalue weighted by Crippen LogP contribution is -2.31. The molecule has 1 unspecified atom stereocenters. The second-order valence-electron chi connectivity index (χ2n) is 6.14. The number of fused-ring (bicyclic) bond motifs is 3. The molecule has 0 radical (unpaired) electrons. The molecule has 112 valence electrons. The van der Waals surface area contributed by atoms with Gasteiger partial charge in [-0.3, -0.25) is 0 Å². The number of aryl methyl sites for hydroxylation is 2. The van der Waals surface area contributed by atoms with E-state index in [1.165, 1.54) is 35.1 Å². The molecule has 1 aliphatic heterocycles. The Bertz CT molecular complexity index is 648. The van der Waals surface area contributed by atoms with Crippen LogP contribution in [0.4, 0.5) is 5.82 Å². The zero-order valence-corrected chi connectivity index (χ0v) is 13.2. The van der Waals surface area contributed by atoms with Gasteiger partial charge >= 0.3 is 0 Å². The summed E-state index contributed by atoms with van der Waals surface area (Å²) in [5.41, 5.74) is 1.50. The van der Waals surface area contributed by atoms with E-state index in [9.17, 15) is 0 Å². The summed E-state index contributed by atoms with van der Waals surface area (Å²) >= 11 is 1.85. The van der Waals surface area contributed by atoms with E-state index < -0.39 is 0 Å². The van der Waals surface area contributed by atoms with Crippen LogP contribution in [0.3, 0.4) is 0 Å². The van der Waals surface area contributed by atoms with Crippen molar-refractivity contribution < 1.29 is 4.74 Å². The smallest absolute Gasteiger partial charge is 0.138 e. The van der Waals surface area contributed by atoms with Gasteiger partial charge in [-0.25, -0.2) is 9.97 Å². The number of ether oxygens (including phenoxy) is 1. The zero-order valence-electron chi connectivity index (χ0n) is 12.4. The SMILES string of the molecule is CC(Nc1ncnc2sc3c(c12)CCC3)C1CCOCC1. The fourth-order valence-corrected chi connectivity index (χ4v) is 4.82. The minimum Gasteiger partial charge on any atom is -0.381 e. The van der Waals surface area contributed by atoms with Gasteiger partial charge in [0.15, 0.2) is 0 Å². The highest BCUT2D eigenvalue weighted by Gasteiger charge is 2.24. The molecule has 2 aliphatic rings. The lowest BCUT2D eigenvalue weighted by atomic mass is 9.93. The van der Waals surface area contributed by atoms with Crippen molar-refractivity contribution in [3.8, 4) is 0 Å². The first-order chi connectivity index (χ1) is 10.3. The Hall–Kier alpha value is -1.20. The normalized spacial score (nSPS) is 20.6. The Morgan fingerprint density at radius 1 is 1.29 bits per heavy atom. The van der Waals surface area contributed by atoms with Crippen molar-refractivity contribution in [1.29, 1.82) is 0 Å². The minimum absolute atomic E-state index is 0.434. The average molecular weight is 303 g/mol. The molecule has 4 nitrogen and oxygen atoms in total. The van der Waals surface area contributed by atoms with E-state index in [1.807, 2.05) is 11.3 Å². The Morgan fingerprint density at radius 3 is 3.00 bits per heavy atom. The van der Waals surface area contributed by atoms with Crippen molar-refractivity contribution in [1.82, 2.24) is 9.97 Å². The maximum absolute atomic E-state index is 5.47. The van der Waals surface area contributed by atoms with Crippen LogP contribution in [0.5, 0.6) is 0 Å². The number of anilines is 1. The molecule has 1 atom stereocenters. The summed E-state index contributed by atoms with van der Waals surface area (Å²) in [7, 11) is 0. The van der Waals surface area contributed by atoms with Gasteiger partial charge in [0.25, 0.3) is 0 Å². The topological polar surface area (TPSA) is 47.0 Å². The highest BCUT2D eigenvalue weighted by atomic mass is 32.1. The van der Waals surface area contributed by atoms with Gasteiger partial charge in [0.2, 0.25) is 0 Å². The zero-order chi connectivity index (χ0) is 14.2. The van der Waals surface area contributed by atoms with E-state index in [-0.39, 0.29) is 0 Å². The lowest BCUT2D eigenvalue weighted by molar-refractivity contribution is 0.0622. The summed E-state index contributed by atoms with van der Waals surface area (Å²) in [4.78, 5) is 11.7. The molecule has 0 bridgehead atoms. The van der Waals surface area contributed by atoms with Gasteiger partial charge in [-0.05, 0) is 50.5 Å². The van der Waals surface area contributed by atoms with Gasteiger partial charge in [-0.1, -0.05) is 0 Å². The first-order valence-corrected chi connectivity index (χ1v) is 8.74. The van der Waals surface area contributed by atoms with Crippen molar-refractivity contribution in [3.05, 3.63) is 16.8 Å². The number of nitrogens with zero attached hydrogens (tertiary/aromatic N) is 2. The highest BCUT2D eigenvalue weighted by molar-refractivity contribution is 7.19. The second-order valence-corrected chi connectivity index (χ2v) is 7.23. The molecule has 0 aromatic carbocycles. The standard InChI is InChI=1S/C16H21N3OS/c1-10(11-5-7-20-8-6-11)19-15-14-12-3-2-4-13(12)21-16(14)18-9-17-15/h9-11H,2-8H2,1H3,(H,17,18,19). The summed E-state index contributed by atoms with van der Waals surface area (Å²) in [6, 6.07) is 0.434. The van der Waals surface area contributed by atoms with Gasteiger partial charge in [0.1, 0.15) is 17.0 Å². The molecular weight excluding hydrogens is 282 g/mol. The lowest BCUT2D eigenvalue weighted by Gasteiger charge is -2.28. The van der Waals surface area contributed by atoms with E-state index in [2.05, 4.69) is 22.2 Å². The van der Waals surface area contributed by atoms with Crippen LogP contribution in [0.1, 0.15) is 36.6 Å². The first-order valence-electron chi connectivity index (χ1n) is 7.92. The number of nitrogens with one attached hydrogen (secondary N) is 1. The Balaban J connectivity index is 1.64. The predicted octanol–water partition coefficient (Wildman–Crippen LogP) is 3.41. The largest absolute Gasteiger partial charge is 0.381 e. The number of hydrogen-bond donors (Lipinski definition) is 1. The van der Waals surface area contributed by atoms with Gasteiger partial charge < -0.3 is 10.1 Å². The summed E-state index contributed by atoms with van der Waals surface area (Å²) in [5, 5.41) is 4.96. The molecule has 1 N–H and O–H groups in total. The highest BCUT2D eigenvalue weighted by Crippen LogP contribution is 2.39. The van der Waals surface area contributed by atoms with Gasteiger partial charge in [0, 0.05) is 24.1 Å². The molecule has 2 aromatic rings. The van der Waals surface area contributed by atoms with Crippen molar-refractivity contribution in [3.63, 3.8) is 0 Å². The Labute approximate surface area is 128 Å². The monoisotopic (exact) mass is 303 g/mol. The first kappa shape index (κ1) is 13.5. The number of thiophene rings is 1. The van der Waals surface area contributed by atoms with Crippen molar-refractivity contribution >= 4 is 27.4 Å². The maximum atomic E-state index is 5.47. The summed E-state index contributed by atoms with van der Waals surface area (Å²) in [5.74, 6) is 1.72. The third-order valence-corrected chi connectivity index (χ3v) is 6.04. The molecule has 2 aromatic heterocycles. The van der Waals surface area contributed by atoms with E-state index in [4.69, 9.17) is 4.74 Å². The molecule has 5 heteroatoms. The molecule has 1 saturated heterocycles. The van der Waals surface area contributed by atoms with Crippen LogP contribution in [0, 0.1) is 5.92 Å². The molecule has 3 heterocycles. The average Bonchev–Trinajstić information content (AvgIpc) is 3.09. The molecule has 4 rings (SSSR count). The molecule has 1 aliphatic carbocycles. The quantitative estimate of drug-likeness (QED) is 0.944. The molecular formula is C16H21N3OS. The molecule has 1 fully saturated rings. The summed E-state index contributed by atoms with van der Waals surface area (Å²) < 4.78 is 5.47. The minimum atomic E-state index is 0.434. The third-order valence-electron chi connectivity index (χ3n) is 4.84. The number of aromatic nitrogens is 2. The molecule has 0 spiro atoms.